The predicted octanol–water partition coefficient (Wildman–Crippen LogP) is 4.10. The summed E-state index contributed by atoms with van der Waals surface area (Å²) < 4.78 is 5.31. The minimum Gasteiger partial charge on any atom is -0.383 e. The lowest BCUT2D eigenvalue weighted by Gasteiger charge is -2.23. The van der Waals surface area contributed by atoms with Crippen LogP contribution in [0.25, 0.3) is 32.5 Å². The van der Waals surface area contributed by atoms with E-state index in [-0.39, 0.29) is 5.91 Å². The summed E-state index contributed by atoms with van der Waals surface area (Å²) in [6, 6.07) is 14.1. The van der Waals surface area contributed by atoms with Crippen LogP contribution in [0.2, 0.25) is 0 Å². The first-order chi connectivity index (χ1) is 17.2. The largest absolute Gasteiger partial charge is 0.383 e. The Bertz CT molecular complexity index is 1260. The number of rotatable bonds is 9. The summed E-state index contributed by atoms with van der Waals surface area (Å²) in [5.41, 5.74) is 2.71. The first-order valence-corrected chi connectivity index (χ1v) is 12.4. The number of benzene rings is 1. The highest BCUT2D eigenvalue weighted by Crippen LogP contribution is 2.39. The summed E-state index contributed by atoms with van der Waals surface area (Å²) in [5.74, 6) is 1.13. The molecule has 10 heteroatoms. The van der Waals surface area contributed by atoms with Crippen LogP contribution in [0.15, 0.2) is 55.0 Å². The molecule has 0 saturated carbocycles. The van der Waals surface area contributed by atoms with Gasteiger partial charge in [0.05, 0.1) is 12.3 Å². The lowest BCUT2D eigenvalue weighted by molar-refractivity contribution is -0.116. The molecular formula is C25H27N7O2S. The third kappa shape index (κ3) is 5.45. The number of aromatic amines is 1. The summed E-state index contributed by atoms with van der Waals surface area (Å²) in [6.45, 7) is 2.43. The minimum absolute atomic E-state index is 0.0517. The van der Waals surface area contributed by atoms with Gasteiger partial charge in [0.1, 0.15) is 22.0 Å². The number of aromatic nitrogens is 5. The van der Waals surface area contributed by atoms with Crippen LogP contribution in [-0.4, -0.2) is 68.8 Å². The highest BCUT2D eigenvalue weighted by atomic mass is 32.1. The number of pyridine rings is 1. The van der Waals surface area contributed by atoms with E-state index in [2.05, 4.69) is 30.4 Å². The summed E-state index contributed by atoms with van der Waals surface area (Å²) in [4.78, 5) is 28.2. The molecule has 1 aromatic carbocycles. The van der Waals surface area contributed by atoms with E-state index in [1.54, 1.807) is 19.6 Å². The molecular weight excluding hydrogens is 462 g/mol. The normalized spacial score (nSPS) is 16.0. The van der Waals surface area contributed by atoms with Gasteiger partial charge in [-0.15, -0.1) is 21.5 Å². The molecule has 0 bridgehead atoms. The molecule has 0 spiro atoms. The molecule has 0 unspecified atom stereocenters. The Kier molecular flexibility index (Phi) is 7.22. The Morgan fingerprint density at radius 1 is 1.26 bits per heavy atom. The minimum atomic E-state index is -0.0517. The molecule has 35 heavy (non-hydrogen) atoms. The lowest BCUT2D eigenvalue weighted by Crippen LogP contribution is -2.35. The highest BCUT2D eigenvalue weighted by Gasteiger charge is 2.24. The van der Waals surface area contributed by atoms with Crippen molar-refractivity contribution in [3.63, 3.8) is 0 Å². The molecule has 180 valence electrons. The zero-order valence-corrected chi connectivity index (χ0v) is 20.3. The fourth-order valence-corrected chi connectivity index (χ4v) is 5.40. The number of hydrogen-bond acceptors (Lipinski definition) is 8. The van der Waals surface area contributed by atoms with E-state index in [1.165, 1.54) is 11.3 Å². The number of carbonyl (C=O) groups excluding carboxylic acids is 1. The van der Waals surface area contributed by atoms with Crippen molar-refractivity contribution in [2.75, 3.05) is 32.1 Å². The van der Waals surface area contributed by atoms with Crippen LogP contribution in [0.3, 0.4) is 0 Å². The van der Waals surface area contributed by atoms with Crippen molar-refractivity contribution in [3.8, 4) is 32.5 Å². The predicted molar refractivity (Wildman–Crippen MR) is 136 cm³/mol. The zero-order chi connectivity index (χ0) is 24.0. The molecule has 5 rings (SSSR count). The smallest absolute Gasteiger partial charge is 0.226 e. The molecule has 1 atom stereocenters. The number of thiazole rings is 1. The number of nitrogens with one attached hydrogen (secondary N) is 2. The third-order valence-electron chi connectivity index (χ3n) is 6.06. The maximum absolute atomic E-state index is 12.6. The van der Waals surface area contributed by atoms with Crippen LogP contribution in [-0.2, 0) is 9.53 Å². The van der Waals surface area contributed by atoms with Crippen LogP contribution in [0.4, 0.5) is 5.82 Å². The van der Waals surface area contributed by atoms with Gasteiger partial charge in [0.25, 0.3) is 0 Å². The number of H-pyrrole nitrogens is 1. The standard InChI is InChI=1S/C25H27N7O2S/c1-34-15-19-8-5-12-32(19)13-10-21(33)29-20-14-18(9-11-26-20)25-30-22(17-6-3-2-4-7-17)23(35-25)24-27-16-28-31-24/h2-4,6-7,9,11,14,16,19H,5,8,10,12-13,15H2,1H3,(H,26,29,33)(H,27,28,31)/t19-/m1/s1. The van der Waals surface area contributed by atoms with E-state index in [4.69, 9.17) is 9.72 Å². The summed E-state index contributed by atoms with van der Waals surface area (Å²) in [7, 11) is 1.72. The quantitative estimate of drug-likeness (QED) is 0.364. The Morgan fingerprint density at radius 3 is 2.94 bits per heavy atom. The molecule has 0 radical (unpaired) electrons. The second-order valence-corrected chi connectivity index (χ2v) is 9.41. The average Bonchev–Trinajstić information content (AvgIpc) is 3.65. The topological polar surface area (TPSA) is 109 Å². The van der Waals surface area contributed by atoms with Crippen LogP contribution < -0.4 is 5.32 Å². The second-order valence-electron chi connectivity index (χ2n) is 8.42. The van der Waals surface area contributed by atoms with Crippen molar-refractivity contribution < 1.29 is 9.53 Å². The molecule has 3 aromatic heterocycles. The van der Waals surface area contributed by atoms with Gasteiger partial charge in [0.15, 0.2) is 5.82 Å². The number of methoxy groups -OCH3 is 1. The Balaban J connectivity index is 1.32. The number of hydrogen-bond donors (Lipinski definition) is 2. The lowest BCUT2D eigenvalue weighted by atomic mass is 10.1. The van der Waals surface area contributed by atoms with Gasteiger partial charge in [-0.2, -0.15) is 0 Å². The maximum Gasteiger partial charge on any atom is 0.226 e. The van der Waals surface area contributed by atoms with E-state index in [9.17, 15) is 4.79 Å². The van der Waals surface area contributed by atoms with Crippen LogP contribution >= 0.6 is 11.3 Å². The van der Waals surface area contributed by atoms with Gasteiger partial charge < -0.3 is 15.0 Å². The third-order valence-corrected chi connectivity index (χ3v) is 7.18. The van der Waals surface area contributed by atoms with Gasteiger partial charge in [-0.1, -0.05) is 30.3 Å². The van der Waals surface area contributed by atoms with Gasteiger partial charge in [-0.3, -0.25) is 9.69 Å². The Morgan fingerprint density at radius 2 is 2.14 bits per heavy atom. The SMILES string of the molecule is COC[C@H]1CCCN1CCC(=O)Nc1cc(-c2nc(-c3ccccc3)c(-c3nnc[nH]3)s2)ccn1. The Labute approximate surface area is 207 Å². The van der Waals surface area contributed by atoms with Gasteiger partial charge in [-0.25, -0.2) is 9.97 Å². The number of ether oxygens (including phenoxy) is 1. The average molecular weight is 490 g/mol. The number of anilines is 1. The molecule has 1 amide bonds. The maximum atomic E-state index is 12.6. The zero-order valence-electron chi connectivity index (χ0n) is 19.5. The second kappa shape index (κ2) is 10.9. The van der Waals surface area contributed by atoms with Gasteiger partial charge in [0, 0.05) is 43.4 Å². The number of nitrogens with zero attached hydrogens (tertiary/aromatic N) is 5. The molecule has 1 saturated heterocycles. The van der Waals surface area contributed by atoms with Crippen molar-refractivity contribution in [1.29, 1.82) is 0 Å². The highest BCUT2D eigenvalue weighted by molar-refractivity contribution is 7.18. The van der Waals surface area contributed by atoms with E-state index >= 15 is 0 Å². The first kappa shape index (κ1) is 23.3. The fourth-order valence-electron chi connectivity index (χ4n) is 4.37. The molecule has 1 aliphatic rings. The summed E-state index contributed by atoms with van der Waals surface area (Å²) in [5, 5.41) is 11.9. The monoisotopic (exact) mass is 489 g/mol. The van der Waals surface area contributed by atoms with Crippen molar-refractivity contribution in [1.82, 2.24) is 30.0 Å². The van der Waals surface area contributed by atoms with Gasteiger partial charge >= 0.3 is 0 Å². The molecule has 9 nitrogen and oxygen atoms in total. The molecule has 4 aromatic rings. The molecule has 0 aliphatic carbocycles. The Hall–Kier alpha value is -3.47. The summed E-state index contributed by atoms with van der Waals surface area (Å²) >= 11 is 1.52. The van der Waals surface area contributed by atoms with E-state index < -0.39 is 0 Å². The fraction of sp³-hybridized carbons (Fsp3) is 0.320. The molecule has 2 N–H and O–H groups in total. The van der Waals surface area contributed by atoms with E-state index in [1.807, 2.05) is 42.5 Å². The molecule has 4 heterocycles. The van der Waals surface area contributed by atoms with Crippen molar-refractivity contribution in [3.05, 3.63) is 55.0 Å². The first-order valence-electron chi connectivity index (χ1n) is 11.6. The summed E-state index contributed by atoms with van der Waals surface area (Å²) in [6.07, 6.45) is 5.93. The van der Waals surface area contributed by atoms with E-state index in [0.29, 0.717) is 37.3 Å². The van der Waals surface area contributed by atoms with Crippen LogP contribution in [0.5, 0.6) is 0 Å². The van der Waals surface area contributed by atoms with Crippen molar-refractivity contribution in [2.24, 2.45) is 0 Å². The van der Waals surface area contributed by atoms with Gasteiger partial charge in [0.2, 0.25) is 5.91 Å². The van der Waals surface area contributed by atoms with Crippen molar-refractivity contribution in [2.45, 2.75) is 25.3 Å². The van der Waals surface area contributed by atoms with Crippen LogP contribution in [0, 0.1) is 0 Å². The number of likely N-dealkylation sites (tertiary alicyclic amines) is 1. The molecule has 1 fully saturated rings. The van der Waals surface area contributed by atoms with Crippen LogP contribution in [0.1, 0.15) is 19.3 Å². The number of amides is 1. The van der Waals surface area contributed by atoms with E-state index in [0.717, 1.165) is 46.1 Å². The van der Waals surface area contributed by atoms with Gasteiger partial charge in [-0.05, 0) is 31.5 Å². The molecule has 1 aliphatic heterocycles. The van der Waals surface area contributed by atoms with Crippen molar-refractivity contribution >= 4 is 23.1 Å². The number of carbonyl (C=O) groups is 1.